The molecule has 1 heterocycles. The van der Waals surface area contributed by atoms with Gasteiger partial charge in [0.05, 0.1) is 0 Å². The zero-order valence-electron chi connectivity index (χ0n) is 7.37. The van der Waals surface area contributed by atoms with Crippen LogP contribution in [0.1, 0.15) is 11.1 Å². The summed E-state index contributed by atoms with van der Waals surface area (Å²) in [5.41, 5.74) is 7.37. The first kappa shape index (κ1) is 8.60. The number of fused-ring (bicyclic) bond motifs is 1. The van der Waals surface area contributed by atoms with Crippen LogP contribution in [0.3, 0.4) is 0 Å². The lowest BCUT2D eigenvalue weighted by Gasteiger charge is -1.98. The van der Waals surface area contributed by atoms with Crippen molar-refractivity contribution in [2.45, 2.75) is 5.50 Å². The summed E-state index contributed by atoms with van der Waals surface area (Å²) in [5.74, 6) is 0. The topological polar surface area (TPSA) is 30.9 Å². The molecule has 2 rings (SSSR count). The van der Waals surface area contributed by atoms with Gasteiger partial charge in [0.2, 0.25) is 0 Å². The van der Waals surface area contributed by atoms with Gasteiger partial charge in [-0.1, -0.05) is 18.2 Å². The van der Waals surface area contributed by atoms with Gasteiger partial charge in [0.25, 0.3) is 0 Å². The highest BCUT2D eigenvalue weighted by atomic mass is 35.5. The summed E-state index contributed by atoms with van der Waals surface area (Å²) in [4.78, 5) is 0. The highest BCUT2D eigenvalue weighted by Crippen LogP contribution is 2.26. The molecule has 0 spiro atoms. The van der Waals surface area contributed by atoms with Gasteiger partial charge in [0.15, 0.2) is 0 Å². The van der Waals surface area contributed by atoms with Crippen molar-refractivity contribution in [3.05, 3.63) is 36.0 Å². The number of hydrogen-bond donors (Lipinski definition) is 1. The Morgan fingerprint density at radius 2 is 2.08 bits per heavy atom. The Balaban J connectivity index is 2.78. The van der Waals surface area contributed by atoms with Gasteiger partial charge in [-0.05, 0) is 6.07 Å². The quantitative estimate of drug-likeness (QED) is 0.549. The standard InChI is InChI=1S/C10H11ClN2/c1-13-6-8(10(11)12)7-4-2-3-5-9(7)13/h2-6,10H,12H2,1H3. The van der Waals surface area contributed by atoms with E-state index in [0.717, 1.165) is 16.5 Å². The number of hydrogen-bond acceptors (Lipinski definition) is 1. The number of nitrogens with zero attached hydrogens (tertiary/aromatic N) is 1. The van der Waals surface area contributed by atoms with E-state index in [1.165, 1.54) is 0 Å². The van der Waals surface area contributed by atoms with Crippen molar-refractivity contribution in [2.24, 2.45) is 12.8 Å². The third-order valence-electron chi connectivity index (χ3n) is 2.22. The normalized spacial score (nSPS) is 13.5. The number of aryl methyl sites for hydroxylation is 1. The molecule has 1 unspecified atom stereocenters. The van der Waals surface area contributed by atoms with Gasteiger partial charge in [-0.2, -0.15) is 0 Å². The van der Waals surface area contributed by atoms with E-state index in [9.17, 15) is 0 Å². The molecule has 13 heavy (non-hydrogen) atoms. The fraction of sp³-hybridized carbons (Fsp3) is 0.200. The van der Waals surface area contributed by atoms with Crippen LogP contribution >= 0.6 is 11.6 Å². The predicted molar refractivity (Wildman–Crippen MR) is 55.7 cm³/mol. The predicted octanol–water partition coefficient (Wildman–Crippen LogP) is 2.37. The molecule has 0 radical (unpaired) electrons. The SMILES string of the molecule is Cn1cc(C(N)Cl)c2ccccc21. The third kappa shape index (κ3) is 1.32. The fourth-order valence-electron chi connectivity index (χ4n) is 1.59. The number of benzene rings is 1. The van der Waals surface area contributed by atoms with Crippen LogP contribution in [0, 0.1) is 0 Å². The molecule has 1 aromatic carbocycles. The lowest BCUT2D eigenvalue weighted by atomic mass is 10.2. The number of rotatable bonds is 1. The maximum atomic E-state index is 5.86. The van der Waals surface area contributed by atoms with Crippen LogP contribution in [0.5, 0.6) is 0 Å². The van der Waals surface area contributed by atoms with Crippen molar-refractivity contribution < 1.29 is 0 Å². The van der Waals surface area contributed by atoms with Gasteiger partial charge in [-0.3, -0.25) is 0 Å². The van der Waals surface area contributed by atoms with Gasteiger partial charge in [-0.15, -0.1) is 11.6 Å². The first-order chi connectivity index (χ1) is 6.20. The molecule has 1 atom stereocenters. The van der Waals surface area contributed by atoms with Crippen LogP contribution < -0.4 is 5.73 Å². The van der Waals surface area contributed by atoms with Crippen LogP contribution in [0.15, 0.2) is 30.5 Å². The van der Waals surface area contributed by atoms with Crippen LogP contribution in [0.4, 0.5) is 0 Å². The smallest absolute Gasteiger partial charge is 0.108 e. The summed E-state index contributed by atoms with van der Waals surface area (Å²) < 4.78 is 2.03. The van der Waals surface area contributed by atoms with E-state index in [2.05, 4.69) is 6.07 Å². The van der Waals surface area contributed by atoms with Crippen molar-refractivity contribution in [1.29, 1.82) is 0 Å². The maximum Gasteiger partial charge on any atom is 0.108 e. The van der Waals surface area contributed by atoms with Crippen LogP contribution in [0.25, 0.3) is 10.9 Å². The Morgan fingerprint density at radius 1 is 1.38 bits per heavy atom. The van der Waals surface area contributed by atoms with Crippen LogP contribution in [-0.2, 0) is 7.05 Å². The van der Waals surface area contributed by atoms with Gasteiger partial charge < -0.3 is 10.3 Å². The van der Waals surface area contributed by atoms with Gasteiger partial charge in [0.1, 0.15) is 5.50 Å². The number of para-hydroxylation sites is 1. The molecule has 0 aliphatic heterocycles. The number of halogens is 1. The molecule has 2 N–H and O–H groups in total. The van der Waals surface area contributed by atoms with E-state index >= 15 is 0 Å². The van der Waals surface area contributed by atoms with E-state index in [-0.39, 0.29) is 0 Å². The van der Waals surface area contributed by atoms with E-state index in [0.29, 0.717) is 0 Å². The Labute approximate surface area is 81.9 Å². The van der Waals surface area contributed by atoms with Crippen LogP contribution in [0.2, 0.25) is 0 Å². The summed E-state index contributed by atoms with van der Waals surface area (Å²) >= 11 is 5.86. The molecule has 1 aromatic heterocycles. The molecule has 0 bridgehead atoms. The Kier molecular flexibility index (Phi) is 2.02. The lowest BCUT2D eigenvalue weighted by Crippen LogP contribution is -2.00. The molecule has 0 aliphatic rings. The molecule has 68 valence electrons. The minimum absolute atomic E-state index is 0.425. The van der Waals surface area contributed by atoms with E-state index < -0.39 is 5.50 Å². The second-order valence-electron chi connectivity index (χ2n) is 3.11. The molecular weight excluding hydrogens is 184 g/mol. The van der Waals surface area contributed by atoms with Crippen molar-refractivity contribution in [2.75, 3.05) is 0 Å². The summed E-state index contributed by atoms with van der Waals surface area (Å²) in [6.07, 6.45) is 1.97. The van der Waals surface area contributed by atoms with E-state index in [1.807, 2.05) is 36.0 Å². The van der Waals surface area contributed by atoms with Crippen molar-refractivity contribution in [3.8, 4) is 0 Å². The number of alkyl halides is 1. The van der Waals surface area contributed by atoms with Crippen molar-refractivity contribution >= 4 is 22.5 Å². The minimum atomic E-state index is -0.425. The summed E-state index contributed by atoms with van der Waals surface area (Å²) in [5, 5.41) is 1.13. The minimum Gasteiger partial charge on any atom is -0.350 e. The number of nitrogens with two attached hydrogens (primary N) is 1. The first-order valence-electron chi connectivity index (χ1n) is 4.14. The zero-order chi connectivity index (χ0) is 9.42. The molecule has 2 aromatic rings. The third-order valence-corrected chi connectivity index (χ3v) is 2.46. The molecule has 0 amide bonds. The molecule has 0 saturated carbocycles. The van der Waals surface area contributed by atoms with E-state index in [1.54, 1.807) is 0 Å². The van der Waals surface area contributed by atoms with Crippen LogP contribution in [-0.4, -0.2) is 4.57 Å². The number of aromatic nitrogens is 1. The molecule has 3 heteroatoms. The molecule has 0 aliphatic carbocycles. The average Bonchev–Trinajstić information content (AvgIpc) is 2.45. The molecular formula is C10H11ClN2. The Morgan fingerprint density at radius 3 is 2.77 bits per heavy atom. The highest BCUT2D eigenvalue weighted by Gasteiger charge is 2.09. The Hall–Kier alpha value is -0.990. The van der Waals surface area contributed by atoms with Gasteiger partial charge in [-0.25, -0.2) is 0 Å². The fourth-order valence-corrected chi connectivity index (χ4v) is 1.77. The summed E-state index contributed by atoms with van der Waals surface area (Å²) in [6.45, 7) is 0. The molecule has 2 nitrogen and oxygen atoms in total. The zero-order valence-corrected chi connectivity index (χ0v) is 8.12. The summed E-state index contributed by atoms with van der Waals surface area (Å²) in [6, 6.07) is 8.09. The largest absolute Gasteiger partial charge is 0.350 e. The van der Waals surface area contributed by atoms with Crippen molar-refractivity contribution in [3.63, 3.8) is 0 Å². The maximum absolute atomic E-state index is 5.86. The van der Waals surface area contributed by atoms with Gasteiger partial charge >= 0.3 is 0 Å². The second-order valence-corrected chi connectivity index (χ2v) is 3.58. The first-order valence-corrected chi connectivity index (χ1v) is 4.57. The highest BCUT2D eigenvalue weighted by molar-refractivity contribution is 6.21. The molecule has 0 saturated heterocycles. The van der Waals surface area contributed by atoms with E-state index in [4.69, 9.17) is 17.3 Å². The second kappa shape index (κ2) is 3.05. The average molecular weight is 195 g/mol. The van der Waals surface area contributed by atoms with Gasteiger partial charge in [0, 0.05) is 29.7 Å². The summed E-state index contributed by atoms with van der Waals surface area (Å²) in [7, 11) is 1.99. The monoisotopic (exact) mass is 194 g/mol. The van der Waals surface area contributed by atoms with Crippen molar-refractivity contribution in [1.82, 2.24) is 4.57 Å². The molecule has 0 fully saturated rings. The lowest BCUT2D eigenvalue weighted by molar-refractivity contribution is 0.939. The Bertz CT molecular complexity index is 431.